The van der Waals surface area contributed by atoms with Crippen molar-refractivity contribution in [3.8, 4) is 0 Å². The van der Waals surface area contributed by atoms with E-state index in [-0.39, 0.29) is 0 Å². The molecule has 0 aliphatic heterocycles. The van der Waals surface area contributed by atoms with E-state index in [1.165, 1.54) is 0 Å². The summed E-state index contributed by atoms with van der Waals surface area (Å²) in [5, 5.41) is 0. The van der Waals surface area contributed by atoms with Crippen LogP contribution >= 0.6 is 22.6 Å². The number of halogens is 1. The molecule has 0 bridgehead atoms. The van der Waals surface area contributed by atoms with Gasteiger partial charge < -0.3 is 5.73 Å². The molecule has 0 unspecified atom stereocenters. The first-order valence-corrected chi connectivity index (χ1v) is 1.91. The smallest absolute Gasteiger partial charge is 0.0632 e. The second kappa shape index (κ2) is 1.58. The molecule has 0 spiro atoms. The average molecular weight is 169 g/mol. The van der Waals surface area contributed by atoms with Crippen molar-refractivity contribution in [3.05, 3.63) is 10.3 Å². The summed E-state index contributed by atoms with van der Waals surface area (Å²) in [7, 11) is 0. The zero-order valence-electron chi connectivity index (χ0n) is 2.16. The summed E-state index contributed by atoms with van der Waals surface area (Å²) in [6.07, 6.45) is 0. The van der Waals surface area contributed by atoms with E-state index >= 15 is 0 Å². The van der Waals surface area contributed by atoms with Crippen molar-refractivity contribution in [1.82, 2.24) is 0 Å². The summed E-state index contributed by atoms with van der Waals surface area (Å²) in [5.41, 5.74) is 4.90. The molecule has 0 fully saturated rings. The van der Waals surface area contributed by atoms with E-state index in [1.54, 1.807) is 0 Å². The lowest BCUT2D eigenvalue weighted by atomic mass is 11.1. The second-order valence-electron chi connectivity index (χ2n) is 0.447. The molecule has 2 N–H and O–H groups in total. The predicted octanol–water partition coefficient (Wildman–Crippen LogP) is 0.851. The van der Waals surface area contributed by atoms with Crippen LogP contribution in [0.1, 0.15) is 0 Å². The molecule has 0 saturated heterocycles. The van der Waals surface area contributed by atoms with Crippen LogP contribution in [0, 0.1) is 0 Å². The molecule has 0 aromatic carbocycles. The van der Waals surface area contributed by atoms with E-state index in [0.29, 0.717) is 3.70 Å². The van der Waals surface area contributed by atoms with Crippen LogP contribution in [0.15, 0.2) is 10.3 Å². The SMILES string of the molecule is C=C(N)I. The Bertz CT molecular complexity index is 29.0. The highest BCUT2D eigenvalue weighted by Gasteiger charge is 1.54. The third-order valence-electron chi connectivity index (χ3n) is 0. The molecule has 0 aromatic heterocycles. The highest BCUT2D eigenvalue weighted by atomic mass is 127. The summed E-state index contributed by atoms with van der Waals surface area (Å²) in [5.74, 6) is 0. The summed E-state index contributed by atoms with van der Waals surface area (Å²) >= 11 is 1.93. The topological polar surface area (TPSA) is 26.0 Å². The first kappa shape index (κ1) is 4.27. The van der Waals surface area contributed by atoms with Crippen molar-refractivity contribution < 1.29 is 0 Å². The minimum Gasteiger partial charge on any atom is -0.394 e. The summed E-state index contributed by atoms with van der Waals surface area (Å²) in [4.78, 5) is 0. The maximum atomic E-state index is 4.90. The predicted molar refractivity (Wildman–Crippen MR) is 27.3 cm³/mol. The third-order valence-corrected chi connectivity index (χ3v) is 0. The molecule has 0 aromatic rings. The van der Waals surface area contributed by atoms with Crippen molar-refractivity contribution in [2.45, 2.75) is 0 Å². The maximum absolute atomic E-state index is 4.90. The van der Waals surface area contributed by atoms with Gasteiger partial charge in [-0.05, 0) is 22.6 Å². The van der Waals surface area contributed by atoms with Crippen LogP contribution in [-0.2, 0) is 0 Å². The van der Waals surface area contributed by atoms with Crippen molar-refractivity contribution in [2.75, 3.05) is 0 Å². The van der Waals surface area contributed by atoms with E-state index in [4.69, 9.17) is 5.73 Å². The lowest BCUT2D eigenvalue weighted by molar-refractivity contribution is 1.62. The summed E-state index contributed by atoms with van der Waals surface area (Å²) in [6, 6.07) is 0. The van der Waals surface area contributed by atoms with Crippen LogP contribution in [0.25, 0.3) is 0 Å². The van der Waals surface area contributed by atoms with Crippen LogP contribution in [0.4, 0.5) is 0 Å². The lowest BCUT2D eigenvalue weighted by Crippen LogP contribution is -1.78. The van der Waals surface area contributed by atoms with Gasteiger partial charge >= 0.3 is 0 Å². The Morgan fingerprint density at radius 3 is 2.00 bits per heavy atom. The van der Waals surface area contributed by atoms with Gasteiger partial charge in [0, 0.05) is 0 Å². The van der Waals surface area contributed by atoms with E-state index in [2.05, 4.69) is 6.58 Å². The van der Waals surface area contributed by atoms with E-state index in [0.717, 1.165) is 0 Å². The standard InChI is InChI=1S/C2H4IN/c1-2(3)4/h1,4H2. The molecule has 0 heterocycles. The van der Waals surface area contributed by atoms with Gasteiger partial charge in [0.15, 0.2) is 0 Å². The van der Waals surface area contributed by atoms with Crippen LogP contribution in [0.2, 0.25) is 0 Å². The zero-order valence-corrected chi connectivity index (χ0v) is 4.32. The highest BCUT2D eigenvalue weighted by molar-refractivity contribution is 14.1. The van der Waals surface area contributed by atoms with Crippen molar-refractivity contribution in [1.29, 1.82) is 0 Å². The minimum atomic E-state index is 0.637. The molecule has 1 nitrogen and oxygen atoms in total. The second-order valence-corrected chi connectivity index (χ2v) is 1.83. The Labute approximate surface area is 39.0 Å². The Kier molecular flexibility index (Phi) is 1.68. The maximum Gasteiger partial charge on any atom is 0.0632 e. The summed E-state index contributed by atoms with van der Waals surface area (Å²) < 4.78 is 0.637. The van der Waals surface area contributed by atoms with E-state index < -0.39 is 0 Å². The van der Waals surface area contributed by atoms with Gasteiger partial charge in [-0.2, -0.15) is 0 Å². The van der Waals surface area contributed by atoms with Crippen LogP contribution < -0.4 is 5.73 Å². The highest BCUT2D eigenvalue weighted by Crippen LogP contribution is 1.84. The van der Waals surface area contributed by atoms with Crippen molar-refractivity contribution in [2.24, 2.45) is 5.73 Å². The van der Waals surface area contributed by atoms with Gasteiger partial charge in [-0.15, -0.1) is 0 Å². The molecule has 0 amide bonds. The average Bonchev–Trinajstić information content (AvgIpc) is 0.811. The quantitative estimate of drug-likeness (QED) is 0.422. The molecule has 2 heteroatoms. The molecule has 0 radical (unpaired) electrons. The van der Waals surface area contributed by atoms with E-state index in [9.17, 15) is 0 Å². The molecule has 4 heavy (non-hydrogen) atoms. The van der Waals surface area contributed by atoms with E-state index in [1.807, 2.05) is 22.6 Å². The molecular weight excluding hydrogens is 165 g/mol. The first-order chi connectivity index (χ1) is 1.73. The largest absolute Gasteiger partial charge is 0.394 e. The van der Waals surface area contributed by atoms with Gasteiger partial charge in [-0.1, -0.05) is 6.58 Å². The summed E-state index contributed by atoms with van der Waals surface area (Å²) in [6.45, 7) is 3.32. The lowest BCUT2D eigenvalue weighted by Gasteiger charge is -1.66. The number of nitrogens with two attached hydrogens (primary N) is 1. The molecule has 0 aliphatic rings. The van der Waals surface area contributed by atoms with Gasteiger partial charge in [-0.25, -0.2) is 0 Å². The molecule has 0 rings (SSSR count). The minimum absolute atomic E-state index is 0.637. The normalized spacial score (nSPS) is 6.25. The van der Waals surface area contributed by atoms with Gasteiger partial charge in [0.2, 0.25) is 0 Å². The molecule has 24 valence electrons. The van der Waals surface area contributed by atoms with Crippen LogP contribution in [0.5, 0.6) is 0 Å². The van der Waals surface area contributed by atoms with Crippen molar-refractivity contribution in [3.63, 3.8) is 0 Å². The van der Waals surface area contributed by atoms with Crippen LogP contribution in [0.3, 0.4) is 0 Å². The van der Waals surface area contributed by atoms with Crippen LogP contribution in [-0.4, -0.2) is 0 Å². The number of hydrogen-bond acceptors (Lipinski definition) is 1. The van der Waals surface area contributed by atoms with Gasteiger partial charge in [0.1, 0.15) is 0 Å². The third kappa shape index (κ3) is 50.2. The Morgan fingerprint density at radius 1 is 2.00 bits per heavy atom. The molecule has 0 saturated carbocycles. The van der Waals surface area contributed by atoms with Crippen molar-refractivity contribution >= 4 is 22.6 Å². The number of rotatable bonds is 0. The Balaban J connectivity index is 2.80. The van der Waals surface area contributed by atoms with Gasteiger partial charge in [0.05, 0.1) is 3.70 Å². The fourth-order valence-electron chi connectivity index (χ4n) is 0. The first-order valence-electron chi connectivity index (χ1n) is 0.831. The molecular formula is C2H4IN. The zero-order chi connectivity index (χ0) is 3.58. The fraction of sp³-hybridized carbons (Fsp3) is 0. The number of hydrogen-bond donors (Lipinski definition) is 1. The molecule has 0 atom stereocenters. The Hall–Kier alpha value is 0.270. The monoisotopic (exact) mass is 169 g/mol. The molecule has 0 aliphatic carbocycles. The Morgan fingerprint density at radius 2 is 2.00 bits per heavy atom. The fourth-order valence-corrected chi connectivity index (χ4v) is 0. The van der Waals surface area contributed by atoms with Gasteiger partial charge in [-0.3, -0.25) is 0 Å². The van der Waals surface area contributed by atoms with Gasteiger partial charge in [0.25, 0.3) is 0 Å².